The van der Waals surface area contributed by atoms with Crippen molar-refractivity contribution in [2.24, 2.45) is 0 Å². The number of fused-ring (bicyclic) bond motifs is 1. The van der Waals surface area contributed by atoms with Gasteiger partial charge in [-0.2, -0.15) is 5.10 Å². The van der Waals surface area contributed by atoms with Crippen LogP contribution in [0.2, 0.25) is 0 Å². The van der Waals surface area contributed by atoms with E-state index in [1.165, 1.54) is 14.2 Å². The van der Waals surface area contributed by atoms with E-state index in [4.69, 9.17) is 9.47 Å². The summed E-state index contributed by atoms with van der Waals surface area (Å²) < 4.78 is 24.4. The molecule has 0 unspecified atom stereocenters. The molecule has 1 aliphatic rings. The first kappa shape index (κ1) is 18.2. The van der Waals surface area contributed by atoms with Crippen LogP contribution >= 0.6 is 0 Å². The lowest BCUT2D eigenvalue weighted by Crippen LogP contribution is -2.18. The molecule has 1 aromatic heterocycles. The molecular formula is C20H19N3O4S. The largest absolute Gasteiger partial charge is 0.496 e. The van der Waals surface area contributed by atoms with Gasteiger partial charge in [-0.15, -0.1) is 0 Å². The highest BCUT2D eigenvalue weighted by Crippen LogP contribution is 2.34. The molecule has 2 aromatic carbocycles. The minimum absolute atomic E-state index is 0.293. The number of methoxy groups -OCH3 is 2. The standard InChI is InChI=1S/C20H19N3O4S/c1-26-16-9-6-10-17(27-2)18(16)20(24)21-19-14-11-28(25)12-15(14)22-23(19)13-7-4-3-5-8-13/h3-10H,11-12H2,1-2H3,(H,21,24)/t28-/m0/s1. The molecule has 8 heteroatoms. The summed E-state index contributed by atoms with van der Waals surface area (Å²) >= 11 is 0. The number of hydrogen-bond acceptors (Lipinski definition) is 5. The van der Waals surface area contributed by atoms with E-state index in [1.807, 2.05) is 30.3 Å². The van der Waals surface area contributed by atoms with E-state index in [2.05, 4.69) is 10.4 Å². The molecule has 2 heterocycles. The zero-order valence-electron chi connectivity index (χ0n) is 15.5. The number of carbonyl (C=O) groups is 1. The Morgan fingerprint density at radius 2 is 1.71 bits per heavy atom. The van der Waals surface area contributed by atoms with E-state index >= 15 is 0 Å². The number of benzene rings is 2. The molecule has 1 atom stereocenters. The maximum absolute atomic E-state index is 13.1. The minimum Gasteiger partial charge on any atom is -0.496 e. The van der Waals surface area contributed by atoms with Gasteiger partial charge in [-0.3, -0.25) is 9.00 Å². The van der Waals surface area contributed by atoms with Crippen molar-refractivity contribution in [1.82, 2.24) is 9.78 Å². The topological polar surface area (TPSA) is 82.4 Å². The number of carbonyl (C=O) groups excluding carboxylic acids is 1. The molecule has 1 aliphatic heterocycles. The molecule has 0 radical (unpaired) electrons. The lowest BCUT2D eigenvalue weighted by Gasteiger charge is -2.15. The minimum atomic E-state index is -1.01. The summed E-state index contributed by atoms with van der Waals surface area (Å²) in [6, 6.07) is 14.7. The Labute approximate surface area is 164 Å². The third-order valence-corrected chi connectivity index (χ3v) is 5.76. The summed E-state index contributed by atoms with van der Waals surface area (Å²) in [5, 5.41) is 7.53. The number of hydrogen-bond donors (Lipinski definition) is 1. The van der Waals surface area contributed by atoms with Gasteiger partial charge in [-0.1, -0.05) is 24.3 Å². The smallest absolute Gasteiger partial charge is 0.264 e. The highest BCUT2D eigenvalue weighted by molar-refractivity contribution is 7.83. The molecule has 4 rings (SSSR count). The molecule has 0 bridgehead atoms. The van der Waals surface area contributed by atoms with Gasteiger partial charge in [0.15, 0.2) is 0 Å². The maximum atomic E-state index is 13.1. The fourth-order valence-electron chi connectivity index (χ4n) is 3.26. The number of aromatic nitrogens is 2. The second-order valence-electron chi connectivity index (χ2n) is 6.24. The van der Waals surface area contributed by atoms with Gasteiger partial charge in [-0.05, 0) is 24.3 Å². The quantitative estimate of drug-likeness (QED) is 0.716. The van der Waals surface area contributed by atoms with Crippen LogP contribution in [0.3, 0.4) is 0 Å². The van der Waals surface area contributed by atoms with Crippen molar-refractivity contribution < 1.29 is 18.5 Å². The summed E-state index contributed by atoms with van der Waals surface area (Å²) in [4.78, 5) is 13.1. The number of rotatable bonds is 5. The van der Waals surface area contributed by atoms with Crippen molar-refractivity contribution in [2.45, 2.75) is 11.5 Å². The van der Waals surface area contributed by atoms with Gasteiger partial charge in [0.1, 0.15) is 22.9 Å². The predicted octanol–water partition coefficient (Wildman–Crippen LogP) is 2.90. The van der Waals surface area contributed by atoms with Crippen LogP contribution < -0.4 is 14.8 Å². The molecule has 1 amide bonds. The predicted molar refractivity (Wildman–Crippen MR) is 107 cm³/mol. The van der Waals surface area contributed by atoms with Gasteiger partial charge in [-0.25, -0.2) is 4.68 Å². The van der Waals surface area contributed by atoms with Crippen molar-refractivity contribution in [1.29, 1.82) is 0 Å². The van der Waals surface area contributed by atoms with Crippen LogP contribution in [0.1, 0.15) is 21.6 Å². The van der Waals surface area contributed by atoms with Crippen LogP contribution in [-0.4, -0.2) is 34.1 Å². The van der Waals surface area contributed by atoms with Crippen LogP contribution in [-0.2, 0) is 22.3 Å². The van der Waals surface area contributed by atoms with Crippen molar-refractivity contribution in [3.05, 3.63) is 65.4 Å². The highest BCUT2D eigenvalue weighted by Gasteiger charge is 2.29. The molecule has 0 aliphatic carbocycles. The highest BCUT2D eigenvalue weighted by atomic mass is 32.2. The molecule has 0 fully saturated rings. The Balaban J connectivity index is 1.79. The van der Waals surface area contributed by atoms with Crippen molar-refractivity contribution in [2.75, 3.05) is 19.5 Å². The van der Waals surface area contributed by atoms with Crippen LogP contribution in [0.5, 0.6) is 11.5 Å². The number of nitrogens with zero attached hydrogens (tertiary/aromatic N) is 2. The average molecular weight is 397 g/mol. The second-order valence-corrected chi connectivity index (χ2v) is 7.70. The Hall–Kier alpha value is -3.13. The first-order valence-corrected chi connectivity index (χ1v) is 10.1. The van der Waals surface area contributed by atoms with Gasteiger partial charge >= 0.3 is 0 Å². The Kier molecular flexibility index (Phi) is 4.87. The first-order valence-electron chi connectivity index (χ1n) is 8.66. The Morgan fingerprint density at radius 1 is 1.04 bits per heavy atom. The Bertz CT molecular complexity index is 1040. The van der Waals surface area contributed by atoms with Gasteiger partial charge in [0.05, 0.1) is 37.1 Å². The lowest BCUT2D eigenvalue weighted by atomic mass is 10.1. The van der Waals surface area contributed by atoms with Gasteiger partial charge in [0.2, 0.25) is 0 Å². The van der Waals surface area contributed by atoms with E-state index < -0.39 is 10.8 Å². The monoisotopic (exact) mass is 397 g/mol. The number of nitrogens with one attached hydrogen (secondary N) is 1. The van der Waals surface area contributed by atoms with E-state index in [9.17, 15) is 9.00 Å². The van der Waals surface area contributed by atoms with Crippen molar-refractivity contribution in [3.63, 3.8) is 0 Å². The molecular weight excluding hydrogens is 378 g/mol. The Morgan fingerprint density at radius 3 is 2.36 bits per heavy atom. The SMILES string of the molecule is COc1cccc(OC)c1C(=O)Nc1c2c(nn1-c1ccccc1)C[S@@](=O)C2. The van der Waals surface area contributed by atoms with Crippen molar-refractivity contribution >= 4 is 22.5 Å². The van der Waals surface area contributed by atoms with Crippen LogP contribution in [0.25, 0.3) is 5.69 Å². The summed E-state index contributed by atoms with van der Waals surface area (Å²) in [7, 11) is 1.99. The van der Waals surface area contributed by atoms with E-state index in [0.29, 0.717) is 34.4 Å². The number of para-hydroxylation sites is 1. The molecule has 144 valence electrons. The summed E-state index contributed by atoms with van der Waals surface area (Å²) in [6.07, 6.45) is 0. The zero-order valence-corrected chi connectivity index (χ0v) is 16.3. The number of amides is 1. The van der Waals surface area contributed by atoms with E-state index in [1.54, 1.807) is 22.9 Å². The first-order chi connectivity index (χ1) is 13.6. The maximum Gasteiger partial charge on any atom is 0.264 e. The molecule has 3 aromatic rings. The van der Waals surface area contributed by atoms with Gasteiger partial charge in [0.25, 0.3) is 5.91 Å². The van der Waals surface area contributed by atoms with Crippen LogP contribution in [0.4, 0.5) is 5.82 Å². The number of ether oxygens (including phenoxy) is 2. The summed E-state index contributed by atoms with van der Waals surface area (Å²) in [5.74, 6) is 1.69. The molecule has 0 saturated heterocycles. The molecule has 28 heavy (non-hydrogen) atoms. The molecule has 0 saturated carbocycles. The zero-order chi connectivity index (χ0) is 19.7. The van der Waals surface area contributed by atoms with Crippen LogP contribution in [0.15, 0.2) is 48.5 Å². The average Bonchev–Trinajstić information content (AvgIpc) is 3.24. The fourth-order valence-corrected chi connectivity index (χ4v) is 4.52. The van der Waals surface area contributed by atoms with Gasteiger partial charge < -0.3 is 14.8 Å². The molecule has 7 nitrogen and oxygen atoms in total. The van der Waals surface area contributed by atoms with E-state index in [-0.39, 0.29) is 5.91 Å². The second kappa shape index (κ2) is 7.47. The van der Waals surface area contributed by atoms with Crippen LogP contribution in [0, 0.1) is 0 Å². The molecule has 1 N–H and O–H groups in total. The molecule has 0 spiro atoms. The van der Waals surface area contributed by atoms with Gasteiger partial charge in [0, 0.05) is 16.4 Å². The van der Waals surface area contributed by atoms with E-state index in [0.717, 1.165) is 16.9 Å². The lowest BCUT2D eigenvalue weighted by molar-refractivity contribution is 0.102. The fraction of sp³-hybridized carbons (Fsp3) is 0.200. The third kappa shape index (κ3) is 3.16. The third-order valence-electron chi connectivity index (χ3n) is 4.56. The number of anilines is 1. The summed E-state index contributed by atoms with van der Waals surface area (Å²) in [5.41, 5.74) is 2.64. The van der Waals surface area contributed by atoms with Crippen molar-refractivity contribution in [3.8, 4) is 17.2 Å². The summed E-state index contributed by atoms with van der Waals surface area (Å²) in [6.45, 7) is 0. The normalized spacial score (nSPS) is 15.1.